The molecule has 0 atom stereocenters. The molecule has 0 unspecified atom stereocenters. The minimum absolute atomic E-state index is 0.0668. The van der Waals surface area contributed by atoms with E-state index in [1.54, 1.807) is 26.2 Å². The number of anilines is 1. The van der Waals surface area contributed by atoms with Gasteiger partial charge >= 0.3 is 0 Å². The van der Waals surface area contributed by atoms with E-state index in [0.29, 0.717) is 10.7 Å². The molecule has 0 aliphatic carbocycles. The molecular weight excluding hydrogens is 336 g/mol. The van der Waals surface area contributed by atoms with Gasteiger partial charge in [-0.3, -0.25) is 4.79 Å². The molecule has 0 aliphatic rings. The van der Waals surface area contributed by atoms with Gasteiger partial charge in [-0.1, -0.05) is 11.6 Å². The number of carbonyl (C=O) groups is 1. The Morgan fingerprint density at radius 2 is 1.48 bits per heavy atom. The van der Waals surface area contributed by atoms with E-state index in [-0.39, 0.29) is 22.2 Å². The van der Waals surface area contributed by atoms with Crippen LogP contribution in [0.5, 0.6) is 0 Å². The third-order valence-corrected chi connectivity index (χ3v) is 5.27. The van der Waals surface area contributed by atoms with Gasteiger partial charge in [0.15, 0.2) is 0 Å². The van der Waals surface area contributed by atoms with E-state index in [4.69, 9.17) is 11.6 Å². The molecule has 0 heterocycles. The molecular formula is C16H17ClN2O3S. The van der Waals surface area contributed by atoms with Crippen molar-refractivity contribution in [3.05, 3.63) is 53.6 Å². The number of hydrogen-bond donors (Lipinski definition) is 1. The van der Waals surface area contributed by atoms with E-state index in [2.05, 4.69) is 5.32 Å². The van der Waals surface area contributed by atoms with Gasteiger partial charge < -0.3 is 10.2 Å². The molecule has 0 aromatic heterocycles. The van der Waals surface area contributed by atoms with E-state index in [0.717, 1.165) is 0 Å². The Labute approximate surface area is 140 Å². The molecule has 0 saturated heterocycles. The van der Waals surface area contributed by atoms with Crippen LogP contribution in [0.4, 0.5) is 5.69 Å². The maximum absolute atomic E-state index is 12.5. The van der Waals surface area contributed by atoms with Crippen LogP contribution in [0.25, 0.3) is 0 Å². The van der Waals surface area contributed by atoms with Crippen molar-refractivity contribution in [2.24, 2.45) is 0 Å². The number of carbonyl (C=O) groups excluding carboxylic acids is 1. The minimum atomic E-state index is -3.58. The summed E-state index contributed by atoms with van der Waals surface area (Å²) >= 11 is 5.78. The minimum Gasteiger partial charge on any atom is -0.376 e. The molecule has 23 heavy (non-hydrogen) atoms. The summed E-state index contributed by atoms with van der Waals surface area (Å²) in [6.07, 6.45) is 0. The van der Waals surface area contributed by atoms with Gasteiger partial charge in [0.2, 0.25) is 15.7 Å². The van der Waals surface area contributed by atoms with Crippen LogP contribution < -0.4 is 5.32 Å². The average Bonchev–Trinajstić information content (AvgIpc) is 2.53. The molecule has 0 saturated carbocycles. The highest BCUT2D eigenvalue weighted by molar-refractivity contribution is 7.91. The van der Waals surface area contributed by atoms with Crippen molar-refractivity contribution in [1.82, 2.24) is 4.90 Å². The summed E-state index contributed by atoms with van der Waals surface area (Å²) in [6.45, 7) is 0.149. The summed E-state index contributed by atoms with van der Waals surface area (Å²) in [4.78, 5) is 13.4. The van der Waals surface area contributed by atoms with Crippen LogP contribution in [0.2, 0.25) is 5.02 Å². The average molecular weight is 353 g/mol. The van der Waals surface area contributed by atoms with Gasteiger partial charge in [0, 0.05) is 24.8 Å². The Morgan fingerprint density at radius 3 is 1.96 bits per heavy atom. The molecule has 1 N–H and O–H groups in total. The van der Waals surface area contributed by atoms with Crippen molar-refractivity contribution in [2.75, 3.05) is 26.0 Å². The molecule has 5 nitrogen and oxygen atoms in total. The fourth-order valence-corrected chi connectivity index (χ4v) is 3.22. The smallest absolute Gasteiger partial charge is 0.241 e. The second-order valence-corrected chi connectivity index (χ2v) is 7.51. The number of nitrogens with one attached hydrogen (secondary N) is 1. The molecule has 0 fully saturated rings. The monoisotopic (exact) mass is 352 g/mol. The van der Waals surface area contributed by atoms with Crippen molar-refractivity contribution >= 4 is 33.0 Å². The normalized spacial score (nSPS) is 11.1. The lowest BCUT2D eigenvalue weighted by molar-refractivity contribution is -0.126. The number of sulfone groups is 1. The van der Waals surface area contributed by atoms with Crippen molar-refractivity contribution in [3.63, 3.8) is 0 Å². The predicted octanol–water partition coefficient (Wildman–Crippen LogP) is 2.67. The summed E-state index contributed by atoms with van der Waals surface area (Å²) in [6, 6.07) is 12.3. The molecule has 1 amide bonds. The molecule has 122 valence electrons. The second-order valence-electron chi connectivity index (χ2n) is 5.12. The first-order chi connectivity index (χ1) is 10.8. The van der Waals surface area contributed by atoms with Crippen LogP contribution in [0.15, 0.2) is 58.3 Å². The molecule has 0 spiro atoms. The second kappa shape index (κ2) is 7.02. The highest BCUT2D eigenvalue weighted by Gasteiger charge is 2.17. The summed E-state index contributed by atoms with van der Waals surface area (Å²) in [5, 5.41) is 3.43. The van der Waals surface area contributed by atoms with E-state index >= 15 is 0 Å². The third-order valence-electron chi connectivity index (χ3n) is 3.23. The lowest BCUT2D eigenvalue weighted by Crippen LogP contribution is -2.28. The van der Waals surface area contributed by atoms with Crippen molar-refractivity contribution in [3.8, 4) is 0 Å². The zero-order valence-corrected chi connectivity index (χ0v) is 14.4. The molecule has 2 aromatic rings. The number of rotatable bonds is 5. The summed E-state index contributed by atoms with van der Waals surface area (Å²) < 4.78 is 25.0. The summed E-state index contributed by atoms with van der Waals surface area (Å²) in [5.41, 5.74) is 0.676. The van der Waals surface area contributed by atoms with Crippen LogP contribution in [0.1, 0.15) is 0 Å². The highest BCUT2D eigenvalue weighted by Crippen LogP contribution is 2.23. The zero-order chi connectivity index (χ0) is 17.0. The maximum atomic E-state index is 12.5. The van der Waals surface area contributed by atoms with Gasteiger partial charge in [0.25, 0.3) is 0 Å². The lowest BCUT2D eigenvalue weighted by Gasteiger charge is -2.12. The van der Waals surface area contributed by atoms with Gasteiger partial charge in [0.05, 0.1) is 16.3 Å². The number of amides is 1. The van der Waals surface area contributed by atoms with Crippen LogP contribution >= 0.6 is 11.6 Å². The number of benzene rings is 2. The standard InChI is InChI=1S/C16H17ClN2O3S/c1-19(2)16(20)11-18-13-5-9-15(10-6-13)23(21,22)14-7-3-12(17)4-8-14/h3-10,18H,11H2,1-2H3. The van der Waals surface area contributed by atoms with Crippen LogP contribution in [-0.4, -0.2) is 39.9 Å². The summed E-state index contributed by atoms with van der Waals surface area (Å²) in [7, 11) is -0.234. The Hall–Kier alpha value is -2.05. The number of halogens is 1. The fourth-order valence-electron chi connectivity index (χ4n) is 1.84. The van der Waals surface area contributed by atoms with Crippen molar-refractivity contribution in [1.29, 1.82) is 0 Å². The number of hydrogen-bond acceptors (Lipinski definition) is 4. The molecule has 2 aromatic carbocycles. The van der Waals surface area contributed by atoms with Crippen LogP contribution in [-0.2, 0) is 14.6 Å². The quantitative estimate of drug-likeness (QED) is 0.898. The fraction of sp³-hybridized carbons (Fsp3) is 0.188. The molecule has 0 bridgehead atoms. The first-order valence-corrected chi connectivity index (χ1v) is 8.71. The van der Waals surface area contributed by atoms with Gasteiger partial charge in [-0.25, -0.2) is 8.42 Å². The molecule has 0 aliphatic heterocycles. The Kier molecular flexibility index (Phi) is 5.28. The first kappa shape index (κ1) is 17.3. The molecule has 0 radical (unpaired) electrons. The van der Waals surface area contributed by atoms with Gasteiger partial charge in [-0.15, -0.1) is 0 Å². The topological polar surface area (TPSA) is 66.5 Å². The van der Waals surface area contributed by atoms with Crippen molar-refractivity contribution < 1.29 is 13.2 Å². The van der Waals surface area contributed by atoms with Gasteiger partial charge in [-0.05, 0) is 48.5 Å². The van der Waals surface area contributed by atoms with Gasteiger partial charge in [-0.2, -0.15) is 0 Å². The predicted molar refractivity (Wildman–Crippen MR) is 90.5 cm³/mol. The largest absolute Gasteiger partial charge is 0.376 e. The Morgan fingerprint density at radius 1 is 1.00 bits per heavy atom. The van der Waals surface area contributed by atoms with Crippen LogP contribution in [0, 0.1) is 0 Å². The third kappa shape index (κ3) is 4.24. The summed E-state index contributed by atoms with van der Waals surface area (Å²) in [5.74, 6) is -0.0668. The van der Waals surface area contributed by atoms with Gasteiger partial charge in [0.1, 0.15) is 0 Å². The lowest BCUT2D eigenvalue weighted by atomic mass is 10.3. The molecule has 2 rings (SSSR count). The van der Waals surface area contributed by atoms with Crippen molar-refractivity contribution in [2.45, 2.75) is 9.79 Å². The van der Waals surface area contributed by atoms with E-state index in [9.17, 15) is 13.2 Å². The Balaban J connectivity index is 2.15. The highest BCUT2D eigenvalue weighted by atomic mass is 35.5. The van der Waals surface area contributed by atoms with E-state index < -0.39 is 9.84 Å². The van der Waals surface area contributed by atoms with Crippen LogP contribution in [0.3, 0.4) is 0 Å². The first-order valence-electron chi connectivity index (χ1n) is 6.85. The number of nitrogens with zero attached hydrogens (tertiary/aromatic N) is 1. The number of likely N-dealkylation sites (N-methyl/N-ethyl adjacent to an activating group) is 1. The van der Waals surface area contributed by atoms with E-state index in [1.807, 2.05) is 0 Å². The SMILES string of the molecule is CN(C)C(=O)CNc1ccc(S(=O)(=O)c2ccc(Cl)cc2)cc1. The zero-order valence-electron chi connectivity index (χ0n) is 12.8. The Bertz CT molecular complexity index is 785. The molecule has 7 heteroatoms. The maximum Gasteiger partial charge on any atom is 0.241 e. The van der Waals surface area contributed by atoms with E-state index in [1.165, 1.54) is 41.3 Å².